The molecule has 7 nitrogen and oxygen atoms in total. The lowest BCUT2D eigenvalue weighted by atomic mass is 10.2. The summed E-state index contributed by atoms with van der Waals surface area (Å²) in [6, 6.07) is 15.2. The number of methoxy groups -OCH3 is 2. The molecule has 0 amide bonds. The van der Waals surface area contributed by atoms with Gasteiger partial charge in [0, 0.05) is 23.5 Å². The predicted octanol–water partition coefficient (Wildman–Crippen LogP) is 4.69. The Hall–Kier alpha value is -3.48. The standard InChI is InChI=1S/C21H24N4O3/c1-5-28-17-9-7-6-8-16(17)24-20-12-14(2)22-21(25-20)23-15-10-11-18(26-3)19(13-15)27-4/h6-13H,5H2,1-4H3,(H2,22,23,24,25). The lowest BCUT2D eigenvalue weighted by Gasteiger charge is -2.14. The average Bonchev–Trinajstić information content (AvgIpc) is 2.69. The van der Waals surface area contributed by atoms with Gasteiger partial charge in [0.25, 0.3) is 0 Å². The molecule has 0 aliphatic heterocycles. The molecule has 2 N–H and O–H groups in total. The number of aromatic nitrogens is 2. The zero-order valence-electron chi connectivity index (χ0n) is 16.4. The molecule has 2 aromatic carbocycles. The average molecular weight is 380 g/mol. The van der Waals surface area contributed by atoms with E-state index in [0.717, 1.165) is 22.8 Å². The lowest BCUT2D eigenvalue weighted by Crippen LogP contribution is -2.04. The topological polar surface area (TPSA) is 77.5 Å². The summed E-state index contributed by atoms with van der Waals surface area (Å²) in [6.45, 7) is 4.46. The molecule has 0 spiro atoms. The number of nitrogens with one attached hydrogen (secondary N) is 2. The van der Waals surface area contributed by atoms with Crippen LogP contribution in [0.5, 0.6) is 17.2 Å². The van der Waals surface area contributed by atoms with Gasteiger partial charge in [-0.3, -0.25) is 0 Å². The number of nitrogens with zero attached hydrogens (tertiary/aromatic N) is 2. The molecule has 146 valence electrons. The van der Waals surface area contributed by atoms with Crippen molar-refractivity contribution in [3.8, 4) is 17.2 Å². The van der Waals surface area contributed by atoms with Gasteiger partial charge in [0.15, 0.2) is 11.5 Å². The van der Waals surface area contributed by atoms with E-state index in [1.165, 1.54) is 0 Å². The zero-order valence-corrected chi connectivity index (χ0v) is 16.4. The van der Waals surface area contributed by atoms with Gasteiger partial charge < -0.3 is 24.8 Å². The smallest absolute Gasteiger partial charge is 0.229 e. The fraction of sp³-hybridized carbons (Fsp3) is 0.238. The van der Waals surface area contributed by atoms with Gasteiger partial charge in [-0.05, 0) is 38.1 Å². The largest absolute Gasteiger partial charge is 0.493 e. The molecule has 0 atom stereocenters. The Balaban J connectivity index is 1.84. The van der Waals surface area contributed by atoms with Crippen molar-refractivity contribution in [3.05, 3.63) is 54.2 Å². The number of rotatable bonds is 8. The maximum absolute atomic E-state index is 5.67. The molecule has 0 aliphatic rings. The normalized spacial score (nSPS) is 10.3. The highest BCUT2D eigenvalue weighted by molar-refractivity contribution is 5.66. The van der Waals surface area contributed by atoms with E-state index >= 15 is 0 Å². The number of hydrogen-bond acceptors (Lipinski definition) is 7. The Kier molecular flexibility index (Phi) is 6.16. The van der Waals surface area contributed by atoms with Crippen LogP contribution in [-0.2, 0) is 0 Å². The molecule has 0 bridgehead atoms. The second-order valence-electron chi connectivity index (χ2n) is 5.97. The van der Waals surface area contributed by atoms with Crippen LogP contribution in [-0.4, -0.2) is 30.8 Å². The molecule has 0 fully saturated rings. The van der Waals surface area contributed by atoms with E-state index < -0.39 is 0 Å². The van der Waals surface area contributed by atoms with Gasteiger partial charge in [-0.1, -0.05) is 12.1 Å². The van der Waals surface area contributed by atoms with Crippen molar-refractivity contribution in [1.29, 1.82) is 0 Å². The molecule has 3 rings (SSSR count). The van der Waals surface area contributed by atoms with E-state index in [9.17, 15) is 0 Å². The Morgan fingerprint density at radius 3 is 2.39 bits per heavy atom. The summed E-state index contributed by atoms with van der Waals surface area (Å²) in [5.74, 6) is 3.21. The van der Waals surface area contributed by atoms with Gasteiger partial charge in [0.1, 0.15) is 11.6 Å². The van der Waals surface area contributed by atoms with Crippen LogP contribution in [0.25, 0.3) is 0 Å². The number of para-hydroxylation sites is 2. The van der Waals surface area contributed by atoms with E-state index in [1.807, 2.05) is 62.4 Å². The van der Waals surface area contributed by atoms with Crippen molar-refractivity contribution in [2.24, 2.45) is 0 Å². The van der Waals surface area contributed by atoms with E-state index in [4.69, 9.17) is 14.2 Å². The molecule has 0 saturated heterocycles. The number of aryl methyl sites for hydroxylation is 1. The first-order valence-electron chi connectivity index (χ1n) is 8.96. The maximum atomic E-state index is 5.67. The molecule has 7 heteroatoms. The highest BCUT2D eigenvalue weighted by Crippen LogP contribution is 2.31. The van der Waals surface area contributed by atoms with E-state index in [-0.39, 0.29) is 0 Å². The van der Waals surface area contributed by atoms with Crippen molar-refractivity contribution in [2.75, 3.05) is 31.5 Å². The van der Waals surface area contributed by atoms with Gasteiger partial charge in [-0.2, -0.15) is 4.98 Å². The first-order valence-corrected chi connectivity index (χ1v) is 8.96. The van der Waals surface area contributed by atoms with E-state index in [2.05, 4.69) is 20.6 Å². The first-order chi connectivity index (χ1) is 13.6. The number of benzene rings is 2. The summed E-state index contributed by atoms with van der Waals surface area (Å²) in [4.78, 5) is 9.02. The van der Waals surface area contributed by atoms with Crippen molar-refractivity contribution in [3.63, 3.8) is 0 Å². The van der Waals surface area contributed by atoms with Crippen LogP contribution in [0, 0.1) is 6.92 Å². The van der Waals surface area contributed by atoms with Crippen LogP contribution in [0.2, 0.25) is 0 Å². The third kappa shape index (κ3) is 4.62. The number of ether oxygens (including phenoxy) is 3. The zero-order chi connectivity index (χ0) is 19.9. The monoisotopic (exact) mass is 380 g/mol. The van der Waals surface area contributed by atoms with Crippen LogP contribution in [0.4, 0.5) is 23.1 Å². The Morgan fingerprint density at radius 1 is 0.857 bits per heavy atom. The van der Waals surface area contributed by atoms with Gasteiger partial charge in [0.2, 0.25) is 5.95 Å². The summed E-state index contributed by atoms with van der Waals surface area (Å²) in [7, 11) is 3.20. The van der Waals surface area contributed by atoms with Crippen molar-refractivity contribution < 1.29 is 14.2 Å². The van der Waals surface area contributed by atoms with Crippen LogP contribution in [0.15, 0.2) is 48.5 Å². The molecule has 1 heterocycles. The van der Waals surface area contributed by atoms with Gasteiger partial charge in [-0.15, -0.1) is 0 Å². The quantitative estimate of drug-likeness (QED) is 0.587. The fourth-order valence-electron chi connectivity index (χ4n) is 2.72. The molecular weight excluding hydrogens is 356 g/mol. The summed E-state index contributed by atoms with van der Waals surface area (Å²) in [5.41, 5.74) is 2.47. The lowest BCUT2D eigenvalue weighted by molar-refractivity contribution is 0.342. The first kappa shape index (κ1) is 19.3. The second kappa shape index (κ2) is 8.94. The minimum Gasteiger partial charge on any atom is -0.493 e. The highest BCUT2D eigenvalue weighted by Gasteiger charge is 2.09. The van der Waals surface area contributed by atoms with E-state index in [0.29, 0.717) is 29.9 Å². The van der Waals surface area contributed by atoms with Crippen LogP contribution in [0.1, 0.15) is 12.6 Å². The molecular formula is C21H24N4O3. The van der Waals surface area contributed by atoms with Gasteiger partial charge >= 0.3 is 0 Å². The Morgan fingerprint density at radius 2 is 1.64 bits per heavy atom. The van der Waals surface area contributed by atoms with Crippen molar-refractivity contribution >= 4 is 23.1 Å². The summed E-state index contributed by atoms with van der Waals surface area (Å²) >= 11 is 0. The SMILES string of the molecule is CCOc1ccccc1Nc1cc(C)nc(Nc2ccc(OC)c(OC)c2)n1. The van der Waals surface area contributed by atoms with Crippen molar-refractivity contribution in [1.82, 2.24) is 9.97 Å². The Labute approximate surface area is 164 Å². The molecule has 0 aliphatic carbocycles. The van der Waals surface area contributed by atoms with Crippen LogP contribution < -0.4 is 24.8 Å². The summed E-state index contributed by atoms with van der Waals surface area (Å²) < 4.78 is 16.3. The fourth-order valence-corrected chi connectivity index (χ4v) is 2.72. The maximum Gasteiger partial charge on any atom is 0.229 e. The van der Waals surface area contributed by atoms with Crippen LogP contribution >= 0.6 is 0 Å². The summed E-state index contributed by atoms with van der Waals surface area (Å²) in [6.07, 6.45) is 0. The molecule has 0 unspecified atom stereocenters. The molecule has 28 heavy (non-hydrogen) atoms. The van der Waals surface area contributed by atoms with Gasteiger partial charge in [0.05, 0.1) is 26.5 Å². The molecule has 0 saturated carbocycles. The van der Waals surface area contributed by atoms with Gasteiger partial charge in [-0.25, -0.2) is 4.98 Å². The van der Waals surface area contributed by atoms with E-state index in [1.54, 1.807) is 14.2 Å². The third-order valence-electron chi connectivity index (χ3n) is 3.94. The Bertz CT molecular complexity index is 947. The highest BCUT2D eigenvalue weighted by atomic mass is 16.5. The third-order valence-corrected chi connectivity index (χ3v) is 3.94. The molecule has 3 aromatic rings. The number of anilines is 4. The summed E-state index contributed by atoms with van der Waals surface area (Å²) in [5, 5.41) is 6.51. The minimum absolute atomic E-state index is 0.476. The predicted molar refractivity (Wildman–Crippen MR) is 110 cm³/mol. The van der Waals surface area contributed by atoms with Crippen LogP contribution in [0.3, 0.4) is 0 Å². The number of hydrogen-bond donors (Lipinski definition) is 2. The molecule has 1 aromatic heterocycles. The van der Waals surface area contributed by atoms with Crippen molar-refractivity contribution in [2.45, 2.75) is 13.8 Å². The second-order valence-corrected chi connectivity index (χ2v) is 5.97. The minimum atomic E-state index is 0.476. The molecule has 0 radical (unpaired) electrons.